The summed E-state index contributed by atoms with van der Waals surface area (Å²) in [5.74, 6) is -0.676. The molecule has 0 unspecified atom stereocenters. The van der Waals surface area contributed by atoms with Crippen LogP contribution in [0.1, 0.15) is 52.9 Å². The van der Waals surface area contributed by atoms with Crippen molar-refractivity contribution in [3.05, 3.63) is 23.8 Å². The average Bonchev–Trinajstić information content (AvgIpc) is 3.01. The maximum absolute atomic E-state index is 13.2. The van der Waals surface area contributed by atoms with Crippen molar-refractivity contribution in [2.24, 2.45) is 28.6 Å². The minimum atomic E-state index is -1.57. The molecule has 0 heterocycles. The molecule has 0 saturated heterocycles. The van der Waals surface area contributed by atoms with Gasteiger partial charge in [-0.3, -0.25) is 4.79 Å². The molecule has 8 heteroatoms. The van der Waals surface area contributed by atoms with Crippen LogP contribution in [0.3, 0.4) is 0 Å². The van der Waals surface area contributed by atoms with E-state index in [0.717, 1.165) is 18.4 Å². The number of ether oxygens (including phenoxy) is 3. The van der Waals surface area contributed by atoms with Gasteiger partial charge in [0.1, 0.15) is 0 Å². The van der Waals surface area contributed by atoms with E-state index in [1.54, 1.807) is 19.1 Å². The maximum Gasteiger partial charge on any atom is 0.509 e. The van der Waals surface area contributed by atoms with Crippen molar-refractivity contribution in [2.75, 3.05) is 12.7 Å². The Hall–Kier alpha value is -1.86. The Balaban J connectivity index is 1.73. The van der Waals surface area contributed by atoms with E-state index in [0.29, 0.717) is 6.42 Å². The number of rotatable bonds is 4. The number of ketones is 1. The Labute approximate surface area is 193 Å². The number of hydrogen-bond donors (Lipinski definition) is 1. The summed E-state index contributed by atoms with van der Waals surface area (Å²) in [6.45, 7) is 5.77. The van der Waals surface area contributed by atoms with Crippen molar-refractivity contribution in [3.63, 3.8) is 0 Å². The lowest BCUT2D eigenvalue weighted by molar-refractivity contribution is -0.199. The van der Waals surface area contributed by atoms with Crippen molar-refractivity contribution < 1.29 is 33.7 Å². The van der Waals surface area contributed by atoms with Crippen LogP contribution in [0.4, 0.5) is 4.79 Å². The van der Waals surface area contributed by atoms with Gasteiger partial charge in [0.2, 0.25) is 5.60 Å². The predicted octanol–water partition coefficient (Wildman–Crippen LogP) is 3.92. The van der Waals surface area contributed by atoms with Crippen molar-refractivity contribution in [1.82, 2.24) is 0 Å². The summed E-state index contributed by atoms with van der Waals surface area (Å²) in [4.78, 5) is 37.5. The van der Waals surface area contributed by atoms with Crippen LogP contribution in [-0.4, -0.2) is 47.4 Å². The standard InChI is InChI=1S/C24H31ClO7/c1-4-30-21(29)32-24(20(28)31-13-25)10-8-17-16-6-5-14-11-15(26)7-9-22(14,2)19(16)18(27)12-23(17,24)3/h7,9,11,16-19,27H,4-6,8,10,12-13H2,1-3H3/t16-,17-,18+,19+,22-,23-,24-/m0/s1. The molecular weight excluding hydrogens is 436 g/mol. The molecular formula is C24H31ClO7. The Bertz CT molecular complexity index is 882. The number of halogens is 1. The van der Waals surface area contributed by atoms with Crippen molar-refractivity contribution in [2.45, 2.75) is 64.6 Å². The number of carbonyl (C=O) groups excluding carboxylic acids is 3. The topological polar surface area (TPSA) is 99.1 Å². The number of hydrogen-bond acceptors (Lipinski definition) is 7. The third kappa shape index (κ3) is 3.23. The molecule has 1 N–H and O–H groups in total. The number of aliphatic hydroxyl groups excluding tert-OH is 1. The van der Waals surface area contributed by atoms with Gasteiger partial charge in [0.15, 0.2) is 11.8 Å². The van der Waals surface area contributed by atoms with Crippen molar-refractivity contribution in [1.29, 1.82) is 0 Å². The first kappa shape index (κ1) is 23.3. The number of carbonyl (C=O) groups is 3. The molecule has 4 aliphatic rings. The number of allylic oxidation sites excluding steroid dienone is 4. The first-order chi connectivity index (χ1) is 15.1. The second kappa shape index (κ2) is 8.17. The van der Waals surface area contributed by atoms with Crippen molar-refractivity contribution >= 4 is 29.5 Å². The Morgan fingerprint density at radius 3 is 2.69 bits per heavy atom. The number of esters is 1. The second-order valence-electron chi connectivity index (χ2n) is 9.90. The number of fused-ring (bicyclic) bond motifs is 5. The highest BCUT2D eigenvalue weighted by atomic mass is 35.5. The summed E-state index contributed by atoms with van der Waals surface area (Å²) < 4.78 is 15.9. The van der Waals surface area contributed by atoms with Crippen LogP contribution in [-0.2, 0) is 23.8 Å². The van der Waals surface area contributed by atoms with Crippen LogP contribution >= 0.6 is 11.6 Å². The van der Waals surface area contributed by atoms with E-state index in [4.69, 9.17) is 25.8 Å². The molecule has 0 amide bonds. The lowest BCUT2D eigenvalue weighted by Gasteiger charge is -2.59. The van der Waals surface area contributed by atoms with Gasteiger partial charge in [-0.25, -0.2) is 9.59 Å². The highest BCUT2D eigenvalue weighted by Crippen LogP contribution is 2.68. The van der Waals surface area contributed by atoms with E-state index >= 15 is 0 Å². The van der Waals surface area contributed by atoms with Gasteiger partial charge in [0, 0.05) is 16.7 Å². The summed E-state index contributed by atoms with van der Waals surface area (Å²) in [5.41, 5.74) is -1.76. The van der Waals surface area contributed by atoms with Crippen LogP contribution in [0.2, 0.25) is 0 Å². The first-order valence-corrected chi connectivity index (χ1v) is 11.9. The average molecular weight is 467 g/mol. The molecule has 4 aliphatic carbocycles. The van der Waals surface area contributed by atoms with Gasteiger partial charge in [-0.1, -0.05) is 37.1 Å². The Morgan fingerprint density at radius 2 is 2.00 bits per heavy atom. The Kier molecular flexibility index (Phi) is 5.95. The van der Waals surface area contributed by atoms with Gasteiger partial charge in [-0.2, -0.15) is 0 Å². The molecule has 0 aromatic carbocycles. The van der Waals surface area contributed by atoms with E-state index < -0.39 is 34.7 Å². The summed E-state index contributed by atoms with van der Waals surface area (Å²) >= 11 is 5.70. The molecule has 176 valence electrons. The van der Waals surface area contributed by atoms with Gasteiger partial charge in [0.05, 0.1) is 12.7 Å². The molecule has 0 aromatic heterocycles. The van der Waals surface area contributed by atoms with Gasteiger partial charge < -0.3 is 19.3 Å². The lowest BCUT2D eigenvalue weighted by Crippen LogP contribution is -2.62. The molecule has 32 heavy (non-hydrogen) atoms. The quantitative estimate of drug-likeness (QED) is 0.495. The molecule has 0 spiro atoms. The second-order valence-corrected chi connectivity index (χ2v) is 10.1. The highest BCUT2D eigenvalue weighted by Gasteiger charge is 2.71. The van der Waals surface area contributed by atoms with E-state index in [1.807, 2.05) is 13.0 Å². The van der Waals surface area contributed by atoms with E-state index in [1.165, 1.54) is 0 Å². The zero-order valence-corrected chi connectivity index (χ0v) is 19.5. The van der Waals surface area contributed by atoms with Crippen LogP contribution in [0, 0.1) is 28.6 Å². The summed E-state index contributed by atoms with van der Waals surface area (Å²) in [5, 5.41) is 11.5. The minimum absolute atomic E-state index is 0.0161. The van der Waals surface area contributed by atoms with Crippen LogP contribution in [0.25, 0.3) is 0 Å². The molecule has 0 radical (unpaired) electrons. The third-order valence-corrected chi connectivity index (χ3v) is 8.76. The SMILES string of the molecule is CCOC(=O)O[C@]1(C(=O)OCCl)CC[C@H]2[C@@H]3CCC4=CC(=O)C=C[C@]4(C)[C@H]3[C@H](O)C[C@@]21C. The summed E-state index contributed by atoms with van der Waals surface area (Å²) in [6, 6.07) is -0.354. The smallest absolute Gasteiger partial charge is 0.446 e. The number of alkyl halides is 1. The van der Waals surface area contributed by atoms with Gasteiger partial charge in [-0.15, -0.1) is 0 Å². The normalized spacial score (nSPS) is 42.3. The zero-order chi connectivity index (χ0) is 23.3. The first-order valence-electron chi connectivity index (χ1n) is 11.3. The van der Waals surface area contributed by atoms with Crippen LogP contribution in [0.5, 0.6) is 0 Å². The van der Waals surface area contributed by atoms with Crippen LogP contribution in [0.15, 0.2) is 23.8 Å². The Morgan fingerprint density at radius 1 is 1.25 bits per heavy atom. The van der Waals surface area contributed by atoms with Gasteiger partial charge >= 0.3 is 12.1 Å². The lowest BCUT2D eigenvalue weighted by atomic mass is 9.46. The fourth-order valence-corrected chi connectivity index (χ4v) is 7.41. The molecule has 4 rings (SSSR count). The largest absolute Gasteiger partial charge is 0.509 e. The molecule has 3 saturated carbocycles. The van der Waals surface area contributed by atoms with E-state index in [2.05, 4.69) is 6.92 Å². The monoisotopic (exact) mass is 466 g/mol. The molecule has 0 bridgehead atoms. The fraction of sp³-hybridized carbons (Fsp3) is 0.708. The summed E-state index contributed by atoms with van der Waals surface area (Å²) in [6.07, 6.45) is 6.31. The van der Waals surface area contributed by atoms with Crippen molar-refractivity contribution in [3.8, 4) is 0 Å². The highest BCUT2D eigenvalue weighted by molar-refractivity contribution is 6.17. The molecule has 0 aliphatic heterocycles. The third-order valence-electron chi connectivity index (χ3n) is 8.65. The zero-order valence-electron chi connectivity index (χ0n) is 18.8. The fourth-order valence-electron chi connectivity index (χ4n) is 7.31. The van der Waals surface area contributed by atoms with E-state index in [-0.39, 0.29) is 49.1 Å². The molecule has 0 aromatic rings. The molecule has 3 fully saturated rings. The molecule has 7 atom stereocenters. The van der Waals surface area contributed by atoms with Gasteiger partial charge in [-0.05, 0) is 63.0 Å². The predicted molar refractivity (Wildman–Crippen MR) is 116 cm³/mol. The van der Waals surface area contributed by atoms with Crippen LogP contribution < -0.4 is 0 Å². The molecule has 7 nitrogen and oxygen atoms in total. The van der Waals surface area contributed by atoms with E-state index in [9.17, 15) is 19.5 Å². The van der Waals surface area contributed by atoms with Gasteiger partial charge in [0.25, 0.3) is 0 Å². The summed E-state index contributed by atoms with van der Waals surface area (Å²) in [7, 11) is 0. The minimum Gasteiger partial charge on any atom is -0.446 e. The number of aliphatic hydroxyl groups is 1. The maximum atomic E-state index is 13.2.